The molecule has 2 saturated heterocycles. The van der Waals surface area contributed by atoms with Gasteiger partial charge in [-0.2, -0.15) is 0 Å². The fourth-order valence-corrected chi connectivity index (χ4v) is 5.56. The first-order chi connectivity index (χ1) is 15.5. The quantitative estimate of drug-likeness (QED) is 0.678. The predicted octanol–water partition coefficient (Wildman–Crippen LogP) is 4.07. The number of hydrogen-bond donors (Lipinski definition) is 1. The Morgan fingerprint density at radius 2 is 2.00 bits per heavy atom. The van der Waals surface area contributed by atoms with Crippen LogP contribution in [0.1, 0.15) is 10.9 Å². The topological polar surface area (TPSA) is 48.1 Å². The van der Waals surface area contributed by atoms with Crippen molar-refractivity contribution in [1.29, 1.82) is 0 Å². The van der Waals surface area contributed by atoms with E-state index in [9.17, 15) is 9.18 Å². The smallest absolute Gasteiger partial charge is 0.318 e. The fourth-order valence-electron chi connectivity index (χ4n) is 4.11. The highest BCUT2D eigenvalue weighted by Gasteiger charge is 2.32. The van der Waals surface area contributed by atoms with E-state index in [-0.39, 0.29) is 17.2 Å². The van der Waals surface area contributed by atoms with Crippen molar-refractivity contribution in [3.05, 3.63) is 58.9 Å². The van der Waals surface area contributed by atoms with E-state index >= 15 is 0 Å². The SMILES string of the molecule is CNC(=O)N1CCSC1c1cc(Cl)ccc1OCCN1CCN(c2cccc(F)c2)CC1. The van der Waals surface area contributed by atoms with Crippen LogP contribution in [0.2, 0.25) is 5.02 Å². The molecule has 2 aromatic rings. The first kappa shape index (κ1) is 23.0. The maximum absolute atomic E-state index is 13.5. The second-order valence-corrected chi connectivity index (χ2v) is 9.44. The lowest BCUT2D eigenvalue weighted by Gasteiger charge is -2.36. The van der Waals surface area contributed by atoms with Crippen LogP contribution in [0, 0.1) is 5.82 Å². The lowest BCUT2D eigenvalue weighted by atomic mass is 10.2. The normalized spacial score (nSPS) is 19.3. The van der Waals surface area contributed by atoms with Gasteiger partial charge in [0.2, 0.25) is 0 Å². The molecule has 2 aliphatic rings. The Morgan fingerprint density at radius 1 is 1.19 bits per heavy atom. The largest absolute Gasteiger partial charge is 0.492 e. The van der Waals surface area contributed by atoms with Gasteiger partial charge in [-0.15, -0.1) is 11.8 Å². The number of urea groups is 1. The summed E-state index contributed by atoms with van der Waals surface area (Å²) < 4.78 is 19.7. The average molecular weight is 479 g/mol. The van der Waals surface area contributed by atoms with Gasteiger partial charge < -0.3 is 19.9 Å². The summed E-state index contributed by atoms with van der Waals surface area (Å²) in [5.41, 5.74) is 1.86. The van der Waals surface area contributed by atoms with Gasteiger partial charge in [-0.25, -0.2) is 9.18 Å². The molecule has 1 unspecified atom stereocenters. The van der Waals surface area contributed by atoms with Gasteiger partial charge in [0.1, 0.15) is 23.5 Å². The predicted molar refractivity (Wildman–Crippen MR) is 128 cm³/mol. The third kappa shape index (κ3) is 5.42. The first-order valence-electron chi connectivity index (χ1n) is 10.8. The van der Waals surface area contributed by atoms with E-state index in [1.54, 1.807) is 30.9 Å². The summed E-state index contributed by atoms with van der Waals surface area (Å²) in [6, 6.07) is 12.3. The summed E-state index contributed by atoms with van der Waals surface area (Å²) in [6.07, 6.45) is 0. The van der Waals surface area contributed by atoms with Crippen LogP contribution in [0.4, 0.5) is 14.9 Å². The Labute approximate surface area is 197 Å². The third-order valence-corrected chi connectivity index (χ3v) is 7.29. The molecule has 0 spiro atoms. The third-order valence-electron chi connectivity index (χ3n) is 5.81. The molecule has 1 atom stereocenters. The van der Waals surface area contributed by atoms with Crippen LogP contribution < -0.4 is 15.0 Å². The molecule has 0 aromatic heterocycles. The number of piperazine rings is 1. The van der Waals surface area contributed by atoms with E-state index in [0.29, 0.717) is 18.2 Å². The summed E-state index contributed by atoms with van der Waals surface area (Å²) in [5, 5.41) is 3.23. The van der Waals surface area contributed by atoms with Gasteiger partial charge >= 0.3 is 6.03 Å². The second kappa shape index (κ2) is 10.6. The number of hydrogen-bond acceptors (Lipinski definition) is 5. The molecule has 2 amide bonds. The van der Waals surface area contributed by atoms with E-state index in [0.717, 1.165) is 55.5 Å². The summed E-state index contributed by atoms with van der Waals surface area (Å²) in [6.45, 7) is 5.55. The van der Waals surface area contributed by atoms with Crippen LogP contribution in [-0.4, -0.2) is 74.5 Å². The van der Waals surface area contributed by atoms with Crippen molar-refractivity contribution in [2.45, 2.75) is 5.37 Å². The van der Waals surface area contributed by atoms with Crippen molar-refractivity contribution in [1.82, 2.24) is 15.1 Å². The number of rotatable bonds is 6. The Morgan fingerprint density at radius 3 is 2.75 bits per heavy atom. The van der Waals surface area contributed by atoms with Gasteiger partial charge in [-0.05, 0) is 36.4 Å². The molecule has 0 bridgehead atoms. The molecule has 172 valence electrons. The van der Waals surface area contributed by atoms with Crippen LogP contribution in [0.15, 0.2) is 42.5 Å². The van der Waals surface area contributed by atoms with Crippen molar-refractivity contribution in [2.75, 3.05) is 63.6 Å². The van der Waals surface area contributed by atoms with Crippen LogP contribution >= 0.6 is 23.4 Å². The molecule has 0 saturated carbocycles. The number of ether oxygens (including phenoxy) is 1. The monoisotopic (exact) mass is 478 g/mol. The molecule has 2 aromatic carbocycles. The minimum Gasteiger partial charge on any atom is -0.492 e. The van der Waals surface area contributed by atoms with E-state index in [1.807, 2.05) is 29.2 Å². The fraction of sp³-hybridized carbons (Fsp3) is 0.435. The highest BCUT2D eigenvalue weighted by atomic mass is 35.5. The molecule has 1 N–H and O–H groups in total. The van der Waals surface area contributed by atoms with Crippen LogP contribution in [0.5, 0.6) is 5.75 Å². The minimum absolute atomic E-state index is 0.0953. The maximum atomic E-state index is 13.5. The van der Waals surface area contributed by atoms with Gasteiger partial charge in [-0.1, -0.05) is 17.7 Å². The lowest BCUT2D eigenvalue weighted by Crippen LogP contribution is -2.47. The summed E-state index contributed by atoms with van der Waals surface area (Å²) in [5.74, 6) is 1.44. The number of halogens is 2. The molecule has 0 radical (unpaired) electrons. The van der Waals surface area contributed by atoms with Crippen molar-refractivity contribution >= 4 is 35.1 Å². The van der Waals surface area contributed by atoms with Crippen molar-refractivity contribution in [3.63, 3.8) is 0 Å². The molecule has 32 heavy (non-hydrogen) atoms. The zero-order valence-corrected chi connectivity index (χ0v) is 19.7. The van der Waals surface area contributed by atoms with Gasteiger partial charge in [0.15, 0.2) is 0 Å². The van der Waals surface area contributed by atoms with Gasteiger partial charge in [0, 0.05) is 68.3 Å². The number of thioether (sulfide) groups is 1. The van der Waals surface area contributed by atoms with Crippen molar-refractivity contribution in [2.24, 2.45) is 0 Å². The van der Waals surface area contributed by atoms with Crippen molar-refractivity contribution in [3.8, 4) is 5.75 Å². The zero-order chi connectivity index (χ0) is 22.5. The van der Waals surface area contributed by atoms with E-state index < -0.39 is 0 Å². The van der Waals surface area contributed by atoms with Crippen LogP contribution in [-0.2, 0) is 0 Å². The molecule has 6 nitrogen and oxygen atoms in total. The maximum Gasteiger partial charge on any atom is 0.318 e. The average Bonchev–Trinajstić information content (AvgIpc) is 3.30. The Kier molecular flexibility index (Phi) is 7.65. The molecule has 9 heteroatoms. The van der Waals surface area contributed by atoms with E-state index in [2.05, 4.69) is 15.1 Å². The van der Waals surface area contributed by atoms with E-state index in [1.165, 1.54) is 6.07 Å². The van der Waals surface area contributed by atoms with Gasteiger partial charge in [0.05, 0.1) is 0 Å². The standard InChI is InChI=1S/C23H28ClFN4O2S/c1-26-23(30)29-12-14-32-22(29)20-15-17(24)5-6-21(20)31-13-11-27-7-9-28(10-8-27)19-4-2-3-18(25)16-19/h2-6,15-16,22H,7-14H2,1H3,(H,26,30). The molecular weight excluding hydrogens is 451 g/mol. The summed E-state index contributed by atoms with van der Waals surface area (Å²) in [7, 11) is 1.64. The van der Waals surface area contributed by atoms with Crippen molar-refractivity contribution < 1.29 is 13.9 Å². The Balaban J connectivity index is 1.32. The number of anilines is 1. The summed E-state index contributed by atoms with van der Waals surface area (Å²) >= 11 is 7.98. The number of amides is 2. The number of benzene rings is 2. The Bertz CT molecular complexity index is 942. The zero-order valence-electron chi connectivity index (χ0n) is 18.1. The minimum atomic E-state index is -0.201. The van der Waals surface area contributed by atoms with E-state index in [4.69, 9.17) is 16.3 Å². The molecule has 2 heterocycles. The number of nitrogens with one attached hydrogen (secondary N) is 1. The number of nitrogens with zero attached hydrogens (tertiary/aromatic N) is 3. The molecule has 0 aliphatic carbocycles. The lowest BCUT2D eigenvalue weighted by molar-refractivity contribution is 0.194. The molecule has 4 rings (SSSR count). The van der Waals surface area contributed by atoms with Gasteiger partial charge in [-0.3, -0.25) is 4.90 Å². The number of carbonyl (C=O) groups excluding carboxylic acids is 1. The summed E-state index contributed by atoms with van der Waals surface area (Å²) in [4.78, 5) is 18.6. The highest BCUT2D eigenvalue weighted by Crippen LogP contribution is 2.42. The van der Waals surface area contributed by atoms with Crippen LogP contribution in [0.25, 0.3) is 0 Å². The highest BCUT2D eigenvalue weighted by molar-refractivity contribution is 7.99. The number of carbonyl (C=O) groups is 1. The molecular formula is C23H28ClFN4O2S. The first-order valence-corrected chi connectivity index (χ1v) is 12.2. The molecule has 2 fully saturated rings. The Hall–Kier alpha value is -2.16. The van der Waals surface area contributed by atoms with Gasteiger partial charge in [0.25, 0.3) is 0 Å². The molecule has 2 aliphatic heterocycles. The second-order valence-electron chi connectivity index (χ2n) is 7.81. The van der Waals surface area contributed by atoms with Crippen LogP contribution in [0.3, 0.4) is 0 Å².